The summed E-state index contributed by atoms with van der Waals surface area (Å²) >= 11 is 0. The number of esters is 1. The molecule has 0 bridgehead atoms. The second-order valence-electron chi connectivity index (χ2n) is 5.54. The minimum atomic E-state index is -0.372. The van der Waals surface area contributed by atoms with E-state index in [2.05, 4.69) is 5.32 Å². The molecule has 1 N–H and O–H groups in total. The minimum absolute atomic E-state index is 0.166. The van der Waals surface area contributed by atoms with Gasteiger partial charge in [-0.15, -0.1) is 0 Å². The van der Waals surface area contributed by atoms with Crippen LogP contribution in [0.25, 0.3) is 0 Å². The van der Waals surface area contributed by atoms with Crippen molar-refractivity contribution in [3.63, 3.8) is 0 Å². The van der Waals surface area contributed by atoms with Gasteiger partial charge in [-0.2, -0.15) is 5.26 Å². The van der Waals surface area contributed by atoms with Crippen LogP contribution >= 0.6 is 0 Å². The van der Waals surface area contributed by atoms with Crippen molar-refractivity contribution in [1.82, 2.24) is 0 Å². The number of rotatable bonds is 8. The number of ether oxygens (including phenoxy) is 2. The fraction of sp³-hybridized carbons (Fsp3) is 0.250. The molecule has 0 aliphatic carbocycles. The summed E-state index contributed by atoms with van der Waals surface area (Å²) < 4.78 is 10.5. The number of nitrogens with zero attached hydrogens (tertiary/aromatic N) is 1. The number of nitriles is 1. The third-order valence-corrected chi connectivity index (χ3v) is 3.49. The van der Waals surface area contributed by atoms with E-state index < -0.39 is 0 Å². The van der Waals surface area contributed by atoms with Crippen LogP contribution < -0.4 is 10.1 Å². The molecule has 0 spiro atoms. The second kappa shape index (κ2) is 9.84. The molecule has 0 saturated heterocycles. The van der Waals surface area contributed by atoms with Gasteiger partial charge in [-0.05, 0) is 55.0 Å². The monoisotopic (exact) mass is 352 g/mol. The van der Waals surface area contributed by atoms with Gasteiger partial charge in [-0.3, -0.25) is 4.79 Å². The average molecular weight is 352 g/mol. The maximum absolute atomic E-state index is 11.9. The number of carbonyl (C=O) groups is 2. The second-order valence-corrected chi connectivity index (χ2v) is 5.54. The Labute approximate surface area is 152 Å². The maximum atomic E-state index is 11.9. The lowest BCUT2D eigenvalue weighted by Gasteiger charge is -2.08. The molecule has 0 aromatic heterocycles. The first-order valence-electron chi connectivity index (χ1n) is 8.32. The summed E-state index contributed by atoms with van der Waals surface area (Å²) in [6, 6.07) is 15.0. The molecular formula is C20H20N2O4. The summed E-state index contributed by atoms with van der Waals surface area (Å²) in [5.74, 6) is -0.216. The van der Waals surface area contributed by atoms with Gasteiger partial charge in [0.15, 0.2) is 6.61 Å². The van der Waals surface area contributed by atoms with Crippen molar-refractivity contribution in [1.29, 1.82) is 5.26 Å². The van der Waals surface area contributed by atoms with Gasteiger partial charge in [-0.25, -0.2) is 4.79 Å². The Balaban J connectivity index is 1.80. The van der Waals surface area contributed by atoms with Gasteiger partial charge in [0.05, 0.1) is 23.8 Å². The van der Waals surface area contributed by atoms with E-state index >= 15 is 0 Å². The van der Waals surface area contributed by atoms with E-state index in [4.69, 9.17) is 14.7 Å². The van der Waals surface area contributed by atoms with E-state index in [-0.39, 0.29) is 18.5 Å². The van der Waals surface area contributed by atoms with Crippen LogP contribution in [0.4, 0.5) is 5.69 Å². The summed E-state index contributed by atoms with van der Waals surface area (Å²) in [5, 5.41) is 11.4. The molecule has 134 valence electrons. The van der Waals surface area contributed by atoms with Crippen molar-refractivity contribution in [2.24, 2.45) is 0 Å². The zero-order valence-corrected chi connectivity index (χ0v) is 14.5. The van der Waals surface area contributed by atoms with Crippen LogP contribution in [0.15, 0.2) is 48.5 Å². The predicted octanol–water partition coefficient (Wildman–Crippen LogP) is 3.53. The Bertz CT molecular complexity index is 777. The Morgan fingerprint density at radius 3 is 2.38 bits per heavy atom. The molecule has 26 heavy (non-hydrogen) atoms. The number of anilines is 1. The van der Waals surface area contributed by atoms with Gasteiger partial charge >= 0.3 is 5.97 Å². The van der Waals surface area contributed by atoms with Crippen molar-refractivity contribution < 1.29 is 19.1 Å². The highest BCUT2D eigenvalue weighted by Crippen LogP contribution is 2.14. The normalized spacial score (nSPS) is 9.85. The SMILES string of the molecule is CCCCOC(=O)c1ccc(OCC(=O)Nc2ccc(C#N)cc2)cc1. The van der Waals surface area contributed by atoms with Crippen molar-refractivity contribution in [2.75, 3.05) is 18.5 Å². The number of hydrogen-bond donors (Lipinski definition) is 1. The molecule has 0 radical (unpaired) electrons. The Hall–Kier alpha value is -3.33. The number of unbranched alkanes of at least 4 members (excludes halogenated alkanes) is 1. The van der Waals surface area contributed by atoms with E-state index in [0.717, 1.165) is 12.8 Å². The highest BCUT2D eigenvalue weighted by molar-refractivity contribution is 5.92. The van der Waals surface area contributed by atoms with Crippen LogP contribution in [-0.2, 0) is 9.53 Å². The largest absolute Gasteiger partial charge is 0.484 e. The van der Waals surface area contributed by atoms with E-state index in [1.54, 1.807) is 48.5 Å². The fourth-order valence-corrected chi connectivity index (χ4v) is 2.05. The van der Waals surface area contributed by atoms with E-state index in [1.165, 1.54) is 0 Å². The molecule has 6 heteroatoms. The van der Waals surface area contributed by atoms with Gasteiger partial charge in [0.1, 0.15) is 5.75 Å². The number of benzene rings is 2. The topological polar surface area (TPSA) is 88.4 Å². The summed E-state index contributed by atoms with van der Waals surface area (Å²) in [5.41, 5.74) is 1.55. The smallest absolute Gasteiger partial charge is 0.338 e. The quantitative estimate of drug-likeness (QED) is 0.580. The van der Waals surface area contributed by atoms with E-state index in [9.17, 15) is 9.59 Å². The molecular weight excluding hydrogens is 332 g/mol. The van der Waals surface area contributed by atoms with Gasteiger partial charge in [0.2, 0.25) is 0 Å². The zero-order valence-electron chi connectivity index (χ0n) is 14.5. The molecule has 0 aliphatic rings. The molecule has 2 rings (SSSR count). The fourth-order valence-electron chi connectivity index (χ4n) is 2.05. The van der Waals surface area contributed by atoms with Crippen LogP contribution in [0.1, 0.15) is 35.7 Å². The van der Waals surface area contributed by atoms with Crippen LogP contribution in [-0.4, -0.2) is 25.1 Å². The highest BCUT2D eigenvalue weighted by Gasteiger charge is 2.08. The molecule has 0 unspecified atom stereocenters. The summed E-state index contributed by atoms with van der Waals surface area (Å²) in [6.45, 7) is 2.26. The number of hydrogen-bond acceptors (Lipinski definition) is 5. The summed E-state index contributed by atoms with van der Waals surface area (Å²) in [7, 11) is 0. The first-order valence-corrected chi connectivity index (χ1v) is 8.32. The standard InChI is InChI=1S/C20H20N2O4/c1-2-3-12-25-20(24)16-6-10-18(11-7-16)26-14-19(23)22-17-8-4-15(13-21)5-9-17/h4-11H,2-3,12,14H2,1H3,(H,22,23). The molecule has 0 atom stereocenters. The lowest BCUT2D eigenvalue weighted by atomic mass is 10.2. The Morgan fingerprint density at radius 2 is 1.77 bits per heavy atom. The lowest BCUT2D eigenvalue weighted by molar-refractivity contribution is -0.118. The molecule has 6 nitrogen and oxygen atoms in total. The summed E-state index contributed by atoms with van der Waals surface area (Å²) in [6.07, 6.45) is 1.80. The Morgan fingerprint density at radius 1 is 1.08 bits per heavy atom. The van der Waals surface area contributed by atoms with Crippen LogP contribution in [0.3, 0.4) is 0 Å². The van der Waals surface area contributed by atoms with Gasteiger partial charge in [0.25, 0.3) is 5.91 Å². The first kappa shape index (κ1) is 19.0. The van der Waals surface area contributed by atoms with Gasteiger partial charge < -0.3 is 14.8 Å². The number of carbonyl (C=O) groups excluding carboxylic acids is 2. The lowest BCUT2D eigenvalue weighted by Crippen LogP contribution is -2.20. The third kappa shape index (κ3) is 5.95. The highest BCUT2D eigenvalue weighted by atomic mass is 16.5. The van der Waals surface area contributed by atoms with Crippen molar-refractivity contribution >= 4 is 17.6 Å². The molecule has 0 fully saturated rings. The van der Waals surface area contributed by atoms with Crippen LogP contribution in [0.5, 0.6) is 5.75 Å². The van der Waals surface area contributed by atoms with Crippen molar-refractivity contribution in [2.45, 2.75) is 19.8 Å². The van der Waals surface area contributed by atoms with Crippen LogP contribution in [0, 0.1) is 11.3 Å². The summed E-state index contributed by atoms with van der Waals surface area (Å²) in [4.78, 5) is 23.7. The van der Waals surface area contributed by atoms with Crippen LogP contribution in [0.2, 0.25) is 0 Å². The third-order valence-electron chi connectivity index (χ3n) is 3.49. The van der Waals surface area contributed by atoms with Gasteiger partial charge in [-0.1, -0.05) is 13.3 Å². The first-order chi connectivity index (χ1) is 12.6. The molecule has 1 amide bonds. The minimum Gasteiger partial charge on any atom is -0.484 e. The maximum Gasteiger partial charge on any atom is 0.338 e. The van der Waals surface area contributed by atoms with E-state index in [1.807, 2.05) is 13.0 Å². The average Bonchev–Trinajstić information content (AvgIpc) is 2.67. The van der Waals surface area contributed by atoms with Crippen molar-refractivity contribution in [3.8, 4) is 11.8 Å². The van der Waals surface area contributed by atoms with Crippen molar-refractivity contribution in [3.05, 3.63) is 59.7 Å². The molecule has 2 aromatic carbocycles. The molecule has 0 aliphatic heterocycles. The molecule has 0 heterocycles. The Kier molecular flexibility index (Phi) is 7.19. The van der Waals surface area contributed by atoms with Gasteiger partial charge in [0, 0.05) is 5.69 Å². The van der Waals surface area contributed by atoms with E-state index in [0.29, 0.717) is 29.2 Å². The zero-order chi connectivity index (χ0) is 18.8. The number of amides is 1. The predicted molar refractivity (Wildman–Crippen MR) is 96.9 cm³/mol. The molecule has 0 saturated carbocycles. The molecule has 2 aromatic rings. The number of nitrogens with one attached hydrogen (secondary N) is 1.